The van der Waals surface area contributed by atoms with Crippen molar-refractivity contribution in [2.24, 2.45) is 0 Å². The average Bonchev–Trinajstić information content (AvgIpc) is 2.74. The molecule has 2 aliphatic rings. The first-order valence-corrected chi connectivity index (χ1v) is 4.58. The van der Waals surface area contributed by atoms with E-state index in [0.717, 1.165) is 19.3 Å². The molecule has 0 nitrogen and oxygen atoms in total. The van der Waals surface area contributed by atoms with Crippen LogP contribution < -0.4 is 0 Å². The van der Waals surface area contributed by atoms with Crippen LogP contribution in [0.25, 0.3) is 0 Å². The summed E-state index contributed by atoms with van der Waals surface area (Å²) in [6.45, 7) is 2.20. The number of rotatable bonds is 2. The summed E-state index contributed by atoms with van der Waals surface area (Å²) in [7, 11) is 0. The van der Waals surface area contributed by atoms with Crippen LogP contribution in [-0.2, 0) is 17.1 Å². The minimum absolute atomic E-state index is 0. The molecule has 0 saturated heterocycles. The van der Waals surface area contributed by atoms with Gasteiger partial charge in [0.25, 0.3) is 0 Å². The molecular formula is C12H13Fe-. The Hall–Kier alpha value is -0.521. The molecule has 0 atom stereocenters. The molecule has 0 fully saturated rings. The van der Waals surface area contributed by atoms with E-state index in [4.69, 9.17) is 0 Å². The van der Waals surface area contributed by atoms with Crippen molar-refractivity contribution >= 4 is 0 Å². The van der Waals surface area contributed by atoms with E-state index in [1.54, 1.807) is 0 Å². The monoisotopic (exact) mass is 213 g/mol. The Morgan fingerprint density at radius 2 is 2.31 bits per heavy atom. The summed E-state index contributed by atoms with van der Waals surface area (Å²) in [5.74, 6) is 0. The predicted molar refractivity (Wildman–Crippen MR) is 51.6 cm³/mol. The molecule has 0 unspecified atom stereocenters. The fraction of sp³-hybridized carbons (Fsp3) is 0.333. The molecule has 0 radical (unpaired) electrons. The largest absolute Gasteiger partial charge is 0.269 e. The third-order valence-corrected chi connectivity index (χ3v) is 2.42. The summed E-state index contributed by atoms with van der Waals surface area (Å²) in [5.41, 5.74) is 4.32. The van der Waals surface area contributed by atoms with Crippen molar-refractivity contribution < 1.29 is 17.1 Å². The number of hydrogen-bond donors (Lipinski definition) is 0. The first kappa shape index (κ1) is 10.6. The van der Waals surface area contributed by atoms with Crippen LogP contribution >= 0.6 is 0 Å². The fourth-order valence-electron chi connectivity index (χ4n) is 1.78. The molecule has 0 aromatic rings. The molecule has 0 aliphatic heterocycles. The van der Waals surface area contributed by atoms with E-state index in [1.807, 2.05) is 0 Å². The van der Waals surface area contributed by atoms with Crippen LogP contribution in [0.15, 0.2) is 41.0 Å². The summed E-state index contributed by atoms with van der Waals surface area (Å²) in [5, 5.41) is 0. The van der Waals surface area contributed by atoms with Crippen LogP contribution in [0.3, 0.4) is 0 Å². The molecule has 0 bridgehead atoms. The zero-order valence-electron chi connectivity index (χ0n) is 7.78. The Labute approximate surface area is 90.6 Å². The average molecular weight is 213 g/mol. The van der Waals surface area contributed by atoms with Crippen LogP contribution in [0.2, 0.25) is 0 Å². The van der Waals surface area contributed by atoms with E-state index in [2.05, 4.69) is 37.3 Å². The van der Waals surface area contributed by atoms with Gasteiger partial charge in [-0.2, -0.15) is 11.6 Å². The van der Waals surface area contributed by atoms with Gasteiger partial charge in [-0.05, 0) is 6.42 Å². The zero-order valence-corrected chi connectivity index (χ0v) is 8.89. The third-order valence-electron chi connectivity index (χ3n) is 2.42. The van der Waals surface area contributed by atoms with Crippen LogP contribution in [0.4, 0.5) is 0 Å². The smallest absolute Gasteiger partial charge is 0 e. The minimum Gasteiger partial charge on any atom is -0.269 e. The van der Waals surface area contributed by atoms with E-state index in [0.29, 0.717) is 0 Å². The molecule has 70 valence electrons. The normalized spacial score (nSPS) is 19.3. The van der Waals surface area contributed by atoms with Gasteiger partial charge in [-0.25, -0.2) is 5.57 Å². The Balaban J connectivity index is 0.000000845. The maximum Gasteiger partial charge on any atom is 0 e. The summed E-state index contributed by atoms with van der Waals surface area (Å²) in [4.78, 5) is 0. The summed E-state index contributed by atoms with van der Waals surface area (Å²) in [6, 6.07) is 0. The van der Waals surface area contributed by atoms with E-state index in [9.17, 15) is 0 Å². The second-order valence-electron chi connectivity index (χ2n) is 3.15. The van der Waals surface area contributed by atoms with Gasteiger partial charge >= 0.3 is 0 Å². The van der Waals surface area contributed by atoms with Crippen molar-refractivity contribution in [1.29, 1.82) is 0 Å². The maximum atomic E-state index is 3.39. The Morgan fingerprint density at radius 1 is 1.46 bits per heavy atom. The Morgan fingerprint density at radius 3 is 2.92 bits per heavy atom. The minimum atomic E-state index is 0. The van der Waals surface area contributed by atoms with E-state index in [1.165, 1.54) is 16.7 Å². The van der Waals surface area contributed by atoms with Crippen LogP contribution in [0.5, 0.6) is 0 Å². The quantitative estimate of drug-likeness (QED) is 0.487. The SMILES string of the molecule is CCC1=[C-]CC=C1C1=CC=CC1.[Fe]. The van der Waals surface area contributed by atoms with Crippen molar-refractivity contribution in [3.8, 4) is 0 Å². The van der Waals surface area contributed by atoms with E-state index >= 15 is 0 Å². The van der Waals surface area contributed by atoms with Gasteiger partial charge in [-0.3, -0.25) is 6.08 Å². The topological polar surface area (TPSA) is 0 Å². The summed E-state index contributed by atoms with van der Waals surface area (Å²) in [6.07, 6.45) is 15.5. The van der Waals surface area contributed by atoms with Gasteiger partial charge in [0.15, 0.2) is 0 Å². The summed E-state index contributed by atoms with van der Waals surface area (Å²) >= 11 is 0. The fourth-order valence-corrected chi connectivity index (χ4v) is 1.78. The maximum absolute atomic E-state index is 3.39. The molecule has 0 spiro atoms. The molecule has 0 amide bonds. The van der Waals surface area contributed by atoms with Gasteiger partial charge in [-0.15, -0.1) is 12.0 Å². The van der Waals surface area contributed by atoms with Crippen molar-refractivity contribution in [2.75, 3.05) is 0 Å². The number of allylic oxidation sites excluding steroid dienone is 8. The van der Waals surface area contributed by atoms with Crippen molar-refractivity contribution in [3.63, 3.8) is 0 Å². The standard InChI is InChI=1S/C12H13.Fe/c1-2-10-8-5-9-12(10)11-6-3-4-7-11;/h3-4,6,9H,2,5,7H2,1H3;/q-1;. The zero-order chi connectivity index (χ0) is 8.39. The molecule has 0 aromatic carbocycles. The molecule has 0 N–H and O–H groups in total. The first-order chi connectivity index (χ1) is 5.92. The Bertz CT molecular complexity index is 303. The predicted octanol–water partition coefficient (Wildman–Crippen LogP) is 3.34. The summed E-state index contributed by atoms with van der Waals surface area (Å²) < 4.78 is 0. The molecule has 13 heavy (non-hydrogen) atoms. The van der Waals surface area contributed by atoms with Gasteiger partial charge in [0.05, 0.1) is 0 Å². The molecule has 0 saturated carbocycles. The molecule has 2 aliphatic carbocycles. The molecule has 2 rings (SSSR count). The molecular weight excluding hydrogens is 200 g/mol. The van der Waals surface area contributed by atoms with E-state index in [-0.39, 0.29) is 17.1 Å². The van der Waals surface area contributed by atoms with Crippen LogP contribution in [-0.4, -0.2) is 0 Å². The van der Waals surface area contributed by atoms with Gasteiger partial charge in [0.2, 0.25) is 0 Å². The van der Waals surface area contributed by atoms with Gasteiger partial charge < -0.3 is 0 Å². The van der Waals surface area contributed by atoms with Gasteiger partial charge in [0, 0.05) is 17.1 Å². The van der Waals surface area contributed by atoms with Crippen molar-refractivity contribution in [2.45, 2.75) is 26.2 Å². The number of hydrogen-bond acceptors (Lipinski definition) is 0. The second-order valence-corrected chi connectivity index (χ2v) is 3.15. The van der Waals surface area contributed by atoms with Gasteiger partial charge in [-0.1, -0.05) is 31.6 Å². The van der Waals surface area contributed by atoms with Crippen molar-refractivity contribution in [3.05, 3.63) is 47.1 Å². The molecule has 1 heteroatoms. The molecule has 0 heterocycles. The third kappa shape index (κ3) is 2.04. The first-order valence-electron chi connectivity index (χ1n) is 4.58. The second kappa shape index (κ2) is 4.64. The molecule has 0 aromatic heterocycles. The van der Waals surface area contributed by atoms with Crippen LogP contribution in [0, 0.1) is 6.08 Å². The Kier molecular flexibility index (Phi) is 3.77. The van der Waals surface area contributed by atoms with Crippen molar-refractivity contribution in [1.82, 2.24) is 0 Å². The van der Waals surface area contributed by atoms with Crippen LogP contribution in [0.1, 0.15) is 26.2 Å². The van der Waals surface area contributed by atoms with Gasteiger partial charge in [0.1, 0.15) is 0 Å². The van der Waals surface area contributed by atoms with E-state index < -0.39 is 0 Å².